The van der Waals surface area contributed by atoms with Crippen LogP contribution in [0.4, 0.5) is 0 Å². The van der Waals surface area contributed by atoms with Crippen molar-refractivity contribution in [2.24, 2.45) is 0 Å². The van der Waals surface area contributed by atoms with Crippen LogP contribution in [0, 0.1) is 0 Å². The third kappa shape index (κ3) is 2.65. The fourth-order valence-corrected chi connectivity index (χ4v) is 2.74. The Balaban J connectivity index is 2.31. The molecule has 18 heavy (non-hydrogen) atoms. The quantitative estimate of drug-likeness (QED) is 0.893. The number of rotatable bonds is 5. The number of hydrogen-bond acceptors (Lipinski definition) is 6. The van der Waals surface area contributed by atoms with Crippen LogP contribution < -0.4 is 10.1 Å². The number of hydrogen-bond donors (Lipinski definition) is 1. The molecule has 0 bridgehead atoms. The Morgan fingerprint density at radius 3 is 2.72 bits per heavy atom. The Labute approximate surface area is 110 Å². The Morgan fingerprint density at radius 1 is 1.33 bits per heavy atom. The van der Waals surface area contributed by atoms with Gasteiger partial charge >= 0.3 is 0 Å². The van der Waals surface area contributed by atoms with Crippen molar-refractivity contribution < 1.29 is 4.74 Å². The van der Waals surface area contributed by atoms with Crippen molar-refractivity contribution in [2.45, 2.75) is 19.9 Å². The van der Waals surface area contributed by atoms with Gasteiger partial charge in [0.05, 0.1) is 12.8 Å². The largest absolute Gasteiger partial charge is 0.480 e. The van der Waals surface area contributed by atoms with Crippen LogP contribution in [-0.4, -0.2) is 29.3 Å². The van der Waals surface area contributed by atoms with Gasteiger partial charge in [0.25, 0.3) is 0 Å². The molecule has 0 atom stereocenters. The average molecular weight is 264 g/mol. The molecule has 2 heterocycles. The van der Waals surface area contributed by atoms with Crippen LogP contribution in [0.2, 0.25) is 0 Å². The van der Waals surface area contributed by atoms with Gasteiger partial charge < -0.3 is 10.1 Å². The number of methoxy groups -OCH3 is 1. The van der Waals surface area contributed by atoms with Crippen LogP contribution in [0.15, 0.2) is 12.1 Å². The van der Waals surface area contributed by atoms with Gasteiger partial charge in [0.2, 0.25) is 5.88 Å². The van der Waals surface area contributed by atoms with E-state index in [9.17, 15) is 0 Å². The number of nitrogens with zero attached hydrogens (tertiary/aromatic N) is 3. The van der Waals surface area contributed by atoms with Crippen molar-refractivity contribution in [3.63, 3.8) is 0 Å². The fourth-order valence-electron chi connectivity index (χ4n) is 1.61. The minimum Gasteiger partial charge on any atom is -0.480 e. The second-order valence-electron chi connectivity index (χ2n) is 3.73. The topological polar surface area (TPSA) is 59.9 Å². The van der Waals surface area contributed by atoms with Crippen molar-refractivity contribution in [1.29, 1.82) is 0 Å². The molecule has 0 saturated heterocycles. The smallest absolute Gasteiger partial charge is 0.233 e. The SMILES string of the molecule is CCc1nc(-c2ccc(OC)nn2)sc1CNC. The number of nitrogens with one attached hydrogen (secondary N) is 1. The van der Waals surface area contributed by atoms with Gasteiger partial charge in [-0.2, -0.15) is 0 Å². The third-order valence-electron chi connectivity index (χ3n) is 2.52. The number of ether oxygens (including phenoxy) is 1. The lowest BCUT2D eigenvalue weighted by molar-refractivity contribution is 0.392. The predicted molar refractivity (Wildman–Crippen MR) is 71.8 cm³/mol. The zero-order chi connectivity index (χ0) is 13.0. The second-order valence-corrected chi connectivity index (χ2v) is 4.82. The summed E-state index contributed by atoms with van der Waals surface area (Å²) in [5, 5.41) is 12.1. The van der Waals surface area contributed by atoms with Gasteiger partial charge in [0.15, 0.2) is 0 Å². The molecule has 96 valence electrons. The lowest BCUT2D eigenvalue weighted by Gasteiger charge is -1.97. The highest BCUT2D eigenvalue weighted by atomic mass is 32.1. The van der Waals surface area contributed by atoms with E-state index in [2.05, 4.69) is 27.4 Å². The van der Waals surface area contributed by atoms with Crippen molar-refractivity contribution in [2.75, 3.05) is 14.2 Å². The monoisotopic (exact) mass is 264 g/mol. The zero-order valence-corrected chi connectivity index (χ0v) is 11.5. The van der Waals surface area contributed by atoms with E-state index in [-0.39, 0.29) is 0 Å². The van der Waals surface area contributed by atoms with Gasteiger partial charge in [0.1, 0.15) is 10.7 Å². The maximum Gasteiger partial charge on any atom is 0.233 e. The molecule has 0 spiro atoms. The minimum atomic E-state index is 0.515. The standard InChI is InChI=1S/C12H16N4OS/c1-4-8-10(7-13-2)18-12(14-8)9-5-6-11(17-3)16-15-9/h5-6,13H,4,7H2,1-3H3. The van der Waals surface area contributed by atoms with Crippen LogP contribution in [0.1, 0.15) is 17.5 Å². The molecule has 5 nitrogen and oxygen atoms in total. The molecule has 0 unspecified atom stereocenters. The first-order valence-electron chi connectivity index (χ1n) is 5.79. The first kappa shape index (κ1) is 12.9. The van der Waals surface area contributed by atoms with Gasteiger partial charge in [0, 0.05) is 17.5 Å². The van der Waals surface area contributed by atoms with E-state index >= 15 is 0 Å². The summed E-state index contributed by atoms with van der Waals surface area (Å²) in [5.41, 5.74) is 1.92. The summed E-state index contributed by atoms with van der Waals surface area (Å²) in [6.07, 6.45) is 0.928. The van der Waals surface area contributed by atoms with Crippen LogP contribution in [0.25, 0.3) is 10.7 Å². The normalized spacial score (nSPS) is 10.6. The molecule has 2 aromatic rings. The maximum absolute atomic E-state index is 4.99. The molecule has 0 aliphatic carbocycles. The van der Waals surface area contributed by atoms with E-state index in [1.54, 1.807) is 24.5 Å². The van der Waals surface area contributed by atoms with Crippen LogP contribution in [0.5, 0.6) is 5.88 Å². The van der Waals surface area contributed by atoms with E-state index < -0.39 is 0 Å². The number of aryl methyl sites for hydroxylation is 1. The molecule has 0 amide bonds. The molecule has 2 rings (SSSR count). The molecule has 0 aliphatic heterocycles. The summed E-state index contributed by atoms with van der Waals surface area (Å²) in [7, 11) is 3.51. The molecular weight excluding hydrogens is 248 g/mol. The molecule has 2 aromatic heterocycles. The minimum absolute atomic E-state index is 0.515. The molecule has 6 heteroatoms. The number of thiazole rings is 1. The lowest BCUT2D eigenvalue weighted by atomic mass is 10.3. The van der Waals surface area contributed by atoms with Crippen molar-refractivity contribution >= 4 is 11.3 Å². The molecule has 1 N–H and O–H groups in total. The highest BCUT2D eigenvalue weighted by Crippen LogP contribution is 2.27. The molecule has 0 fully saturated rings. The van der Waals surface area contributed by atoms with E-state index in [1.807, 2.05) is 13.1 Å². The van der Waals surface area contributed by atoms with E-state index in [4.69, 9.17) is 4.74 Å². The zero-order valence-electron chi connectivity index (χ0n) is 10.7. The summed E-state index contributed by atoms with van der Waals surface area (Å²) in [4.78, 5) is 5.87. The highest BCUT2D eigenvalue weighted by Gasteiger charge is 2.12. The molecular formula is C12H16N4OS. The first-order chi connectivity index (χ1) is 8.78. The molecule has 0 aliphatic rings. The van der Waals surface area contributed by atoms with Gasteiger partial charge in [-0.15, -0.1) is 21.5 Å². The molecule has 0 saturated carbocycles. The Bertz CT molecular complexity index is 509. The summed E-state index contributed by atoms with van der Waals surface area (Å²) >= 11 is 1.66. The van der Waals surface area contributed by atoms with Gasteiger partial charge in [-0.25, -0.2) is 4.98 Å². The molecule has 0 radical (unpaired) electrons. The van der Waals surface area contributed by atoms with Crippen LogP contribution in [0.3, 0.4) is 0 Å². The van der Waals surface area contributed by atoms with Crippen LogP contribution >= 0.6 is 11.3 Å². The second kappa shape index (κ2) is 5.88. The number of aromatic nitrogens is 3. The van der Waals surface area contributed by atoms with Gasteiger partial charge in [-0.05, 0) is 19.5 Å². The summed E-state index contributed by atoms with van der Waals surface area (Å²) in [6, 6.07) is 3.68. The van der Waals surface area contributed by atoms with Crippen molar-refractivity contribution in [3.8, 4) is 16.6 Å². The van der Waals surface area contributed by atoms with Gasteiger partial charge in [-0.1, -0.05) is 6.92 Å². The molecule has 0 aromatic carbocycles. The van der Waals surface area contributed by atoms with E-state index in [0.29, 0.717) is 5.88 Å². The first-order valence-corrected chi connectivity index (χ1v) is 6.61. The average Bonchev–Trinajstić information content (AvgIpc) is 2.82. The van der Waals surface area contributed by atoms with E-state index in [0.717, 1.165) is 29.4 Å². The summed E-state index contributed by atoms with van der Waals surface area (Å²) in [6.45, 7) is 2.95. The lowest BCUT2D eigenvalue weighted by Crippen LogP contribution is -2.05. The third-order valence-corrected chi connectivity index (χ3v) is 3.64. The predicted octanol–water partition coefficient (Wildman–Crippen LogP) is 1.89. The maximum atomic E-state index is 4.99. The summed E-state index contributed by atoms with van der Waals surface area (Å²) in [5.74, 6) is 0.515. The van der Waals surface area contributed by atoms with Crippen molar-refractivity contribution in [3.05, 3.63) is 22.7 Å². The fraction of sp³-hybridized carbons (Fsp3) is 0.417. The Morgan fingerprint density at radius 2 is 2.17 bits per heavy atom. The summed E-state index contributed by atoms with van der Waals surface area (Å²) < 4.78 is 4.99. The van der Waals surface area contributed by atoms with Crippen molar-refractivity contribution in [1.82, 2.24) is 20.5 Å². The van der Waals surface area contributed by atoms with Gasteiger partial charge in [-0.3, -0.25) is 0 Å². The Hall–Kier alpha value is -1.53. The Kier molecular flexibility index (Phi) is 4.22. The van der Waals surface area contributed by atoms with Crippen LogP contribution in [-0.2, 0) is 13.0 Å². The highest BCUT2D eigenvalue weighted by molar-refractivity contribution is 7.15. The van der Waals surface area contributed by atoms with E-state index in [1.165, 1.54) is 4.88 Å².